The molecule has 0 fully saturated rings. The van der Waals surface area contributed by atoms with Gasteiger partial charge in [-0.05, 0) is 47.5 Å². The van der Waals surface area contributed by atoms with E-state index < -0.39 is 41.2 Å². The summed E-state index contributed by atoms with van der Waals surface area (Å²) in [6.07, 6.45) is -1.28. The molecule has 25 heavy (non-hydrogen) atoms. The van der Waals surface area contributed by atoms with Gasteiger partial charge in [0.15, 0.2) is 0 Å². The van der Waals surface area contributed by atoms with Gasteiger partial charge in [-0.2, -0.15) is 0 Å². The van der Waals surface area contributed by atoms with Crippen molar-refractivity contribution in [3.8, 4) is 0 Å². The second-order valence-corrected chi connectivity index (χ2v) is 8.16. The summed E-state index contributed by atoms with van der Waals surface area (Å²) in [6, 6.07) is -0.765. The first-order valence-corrected chi connectivity index (χ1v) is 8.51. The number of ether oxygens (including phenoxy) is 3. The zero-order valence-corrected chi connectivity index (χ0v) is 16.9. The van der Waals surface area contributed by atoms with Crippen molar-refractivity contribution in [1.29, 1.82) is 0 Å². The Hall–Kier alpha value is -1.79. The van der Waals surface area contributed by atoms with E-state index >= 15 is 0 Å². The molecule has 0 aliphatic rings. The average molecular weight is 359 g/mol. The highest BCUT2D eigenvalue weighted by atomic mass is 16.6. The molecular formula is C18H33NO6. The largest absolute Gasteiger partial charge is 0.466 e. The van der Waals surface area contributed by atoms with Crippen molar-refractivity contribution in [2.45, 2.75) is 79.6 Å². The van der Waals surface area contributed by atoms with Gasteiger partial charge in [0.25, 0.3) is 0 Å². The standard InChI is InChI=1S/C18H33NO6/c1-10-11(2)12(19-16(22)25-18(6,7)8)13(14(20)23-9)24-15(21)17(3,4)5/h11-13H,10H2,1-9H3,(H,19,22)/t11-,12-,13+/m0/s1. The zero-order valence-electron chi connectivity index (χ0n) is 16.9. The number of carbonyl (C=O) groups is 3. The Kier molecular flexibility index (Phi) is 8.41. The second kappa shape index (κ2) is 9.06. The number of hydrogen-bond donors (Lipinski definition) is 1. The molecule has 0 saturated carbocycles. The number of alkyl carbamates (subject to hydrolysis) is 1. The molecule has 0 aromatic rings. The van der Waals surface area contributed by atoms with E-state index in [1.54, 1.807) is 41.5 Å². The summed E-state index contributed by atoms with van der Waals surface area (Å²) >= 11 is 0. The van der Waals surface area contributed by atoms with Crippen LogP contribution in [-0.4, -0.2) is 42.9 Å². The molecule has 0 aliphatic heterocycles. The van der Waals surface area contributed by atoms with Crippen molar-refractivity contribution in [3.05, 3.63) is 0 Å². The molecule has 0 spiro atoms. The Labute approximate surface area is 150 Å². The van der Waals surface area contributed by atoms with Crippen LogP contribution < -0.4 is 5.32 Å². The van der Waals surface area contributed by atoms with Gasteiger partial charge in [0.1, 0.15) is 5.60 Å². The molecule has 0 unspecified atom stereocenters. The number of rotatable bonds is 6. The van der Waals surface area contributed by atoms with Crippen LogP contribution in [0.3, 0.4) is 0 Å². The van der Waals surface area contributed by atoms with Crippen molar-refractivity contribution >= 4 is 18.0 Å². The molecule has 146 valence electrons. The number of carbonyl (C=O) groups excluding carboxylic acids is 3. The molecule has 7 nitrogen and oxygen atoms in total. The van der Waals surface area contributed by atoms with E-state index in [0.29, 0.717) is 6.42 Å². The SMILES string of the molecule is CC[C@H](C)[C@H](NC(=O)OC(C)(C)C)[C@@H](OC(=O)C(C)(C)C)C(=O)OC. The molecular weight excluding hydrogens is 326 g/mol. The fourth-order valence-electron chi connectivity index (χ4n) is 1.89. The smallest absolute Gasteiger partial charge is 0.408 e. The molecule has 0 radical (unpaired) electrons. The molecule has 0 bridgehead atoms. The summed E-state index contributed by atoms with van der Waals surface area (Å²) in [5.41, 5.74) is -1.48. The number of nitrogens with one attached hydrogen (secondary N) is 1. The molecule has 0 aromatic carbocycles. The summed E-state index contributed by atoms with van der Waals surface area (Å²) in [4.78, 5) is 36.6. The van der Waals surface area contributed by atoms with Crippen LogP contribution in [0.5, 0.6) is 0 Å². The number of methoxy groups -OCH3 is 1. The fourth-order valence-corrected chi connectivity index (χ4v) is 1.89. The normalized spacial score (nSPS) is 15.6. The molecule has 1 N–H and O–H groups in total. The maximum absolute atomic E-state index is 12.3. The summed E-state index contributed by atoms with van der Waals surface area (Å²) in [5.74, 6) is -1.43. The summed E-state index contributed by atoms with van der Waals surface area (Å²) in [6.45, 7) is 14.0. The summed E-state index contributed by atoms with van der Waals surface area (Å²) in [5, 5.41) is 2.66. The van der Waals surface area contributed by atoms with Crippen LogP contribution >= 0.6 is 0 Å². The quantitative estimate of drug-likeness (QED) is 0.579. The van der Waals surface area contributed by atoms with E-state index in [-0.39, 0.29) is 5.92 Å². The predicted molar refractivity (Wildman–Crippen MR) is 94.0 cm³/mol. The lowest BCUT2D eigenvalue weighted by molar-refractivity contribution is -0.174. The summed E-state index contributed by atoms with van der Waals surface area (Å²) < 4.78 is 15.4. The summed E-state index contributed by atoms with van der Waals surface area (Å²) in [7, 11) is 1.21. The highest BCUT2D eigenvalue weighted by molar-refractivity contribution is 5.83. The van der Waals surface area contributed by atoms with Gasteiger partial charge in [-0.15, -0.1) is 0 Å². The number of amides is 1. The van der Waals surface area contributed by atoms with Crippen LogP contribution in [0.2, 0.25) is 0 Å². The molecule has 7 heteroatoms. The third-order valence-electron chi connectivity index (χ3n) is 3.55. The lowest BCUT2D eigenvalue weighted by atomic mass is 9.93. The predicted octanol–water partition coefficient (Wildman–Crippen LogP) is 3.06. The third kappa shape index (κ3) is 8.23. The van der Waals surface area contributed by atoms with Crippen LogP contribution in [0.25, 0.3) is 0 Å². The molecule has 0 aliphatic carbocycles. The highest BCUT2D eigenvalue weighted by Crippen LogP contribution is 2.22. The molecule has 1 amide bonds. The van der Waals surface area contributed by atoms with Crippen LogP contribution in [0, 0.1) is 11.3 Å². The van der Waals surface area contributed by atoms with E-state index in [0.717, 1.165) is 0 Å². The number of esters is 2. The first-order chi connectivity index (χ1) is 11.2. The molecule has 0 rings (SSSR count). The first kappa shape index (κ1) is 23.2. The molecule has 0 heterocycles. The lowest BCUT2D eigenvalue weighted by Gasteiger charge is -2.32. The van der Waals surface area contributed by atoms with E-state index in [4.69, 9.17) is 14.2 Å². The van der Waals surface area contributed by atoms with Crippen LogP contribution in [-0.2, 0) is 23.8 Å². The van der Waals surface area contributed by atoms with Crippen LogP contribution in [0.4, 0.5) is 4.79 Å². The van der Waals surface area contributed by atoms with Gasteiger partial charge in [-0.1, -0.05) is 20.3 Å². The Bertz CT molecular complexity index is 475. The second-order valence-electron chi connectivity index (χ2n) is 8.16. The Morgan fingerprint density at radius 1 is 1.04 bits per heavy atom. The van der Waals surface area contributed by atoms with E-state index in [2.05, 4.69) is 5.32 Å². The van der Waals surface area contributed by atoms with Gasteiger partial charge in [-0.25, -0.2) is 9.59 Å². The Morgan fingerprint density at radius 2 is 1.56 bits per heavy atom. The number of hydrogen-bond acceptors (Lipinski definition) is 6. The van der Waals surface area contributed by atoms with Crippen molar-refractivity contribution in [2.75, 3.05) is 7.11 Å². The van der Waals surface area contributed by atoms with Gasteiger partial charge in [-0.3, -0.25) is 4.79 Å². The molecule has 0 saturated heterocycles. The minimum atomic E-state index is -1.25. The van der Waals surface area contributed by atoms with E-state index in [1.165, 1.54) is 7.11 Å². The minimum Gasteiger partial charge on any atom is -0.466 e. The average Bonchev–Trinajstić information content (AvgIpc) is 2.45. The van der Waals surface area contributed by atoms with Gasteiger partial charge in [0.2, 0.25) is 6.10 Å². The lowest BCUT2D eigenvalue weighted by Crippen LogP contribution is -2.54. The third-order valence-corrected chi connectivity index (χ3v) is 3.55. The van der Waals surface area contributed by atoms with Crippen molar-refractivity contribution < 1.29 is 28.6 Å². The highest BCUT2D eigenvalue weighted by Gasteiger charge is 2.40. The fraction of sp³-hybridized carbons (Fsp3) is 0.833. The van der Waals surface area contributed by atoms with Gasteiger partial charge in [0, 0.05) is 0 Å². The maximum atomic E-state index is 12.3. The maximum Gasteiger partial charge on any atom is 0.408 e. The van der Waals surface area contributed by atoms with E-state index in [9.17, 15) is 14.4 Å². The first-order valence-electron chi connectivity index (χ1n) is 8.51. The Morgan fingerprint density at radius 3 is 1.92 bits per heavy atom. The Balaban J connectivity index is 5.53. The van der Waals surface area contributed by atoms with Crippen LogP contribution in [0.15, 0.2) is 0 Å². The molecule has 3 atom stereocenters. The van der Waals surface area contributed by atoms with Crippen molar-refractivity contribution in [2.24, 2.45) is 11.3 Å². The minimum absolute atomic E-state index is 0.149. The van der Waals surface area contributed by atoms with Gasteiger partial charge >= 0.3 is 18.0 Å². The topological polar surface area (TPSA) is 90.9 Å². The monoisotopic (exact) mass is 359 g/mol. The van der Waals surface area contributed by atoms with E-state index in [1.807, 2.05) is 13.8 Å². The van der Waals surface area contributed by atoms with Crippen molar-refractivity contribution in [3.63, 3.8) is 0 Å². The molecule has 0 aromatic heterocycles. The van der Waals surface area contributed by atoms with Crippen LogP contribution in [0.1, 0.15) is 61.8 Å². The van der Waals surface area contributed by atoms with Crippen molar-refractivity contribution in [1.82, 2.24) is 5.32 Å². The van der Waals surface area contributed by atoms with Gasteiger partial charge < -0.3 is 19.5 Å². The van der Waals surface area contributed by atoms with Gasteiger partial charge in [0.05, 0.1) is 18.6 Å². The zero-order chi connectivity index (χ0) is 20.0.